The highest BCUT2D eigenvalue weighted by Gasteiger charge is 2.33. The van der Waals surface area contributed by atoms with Crippen molar-refractivity contribution in [2.45, 2.75) is 26.7 Å². The summed E-state index contributed by atoms with van der Waals surface area (Å²) in [5, 5.41) is 0. The van der Waals surface area contributed by atoms with Gasteiger partial charge in [0.25, 0.3) is 0 Å². The fourth-order valence-corrected chi connectivity index (χ4v) is 4.99. The van der Waals surface area contributed by atoms with Crippen LogP contribution in [0.25, 0.3) is 0 Å². The topological polar surface area (TPSA) is 60.2 Å². The van der Waals surface area contributed by atoms with Gasteiger partial charge in [-0.15, -0.1) is 0 Å². The first kappa shape index (κ1) is 14.5. The summed E-state index contributed by atoms with van der Waals surface area (Å²) in [6, 6.07) is 6.29. The molecule has 0 radical (unpaired) electrons. The van der Waals surface area contributed by atoms with E-state index in [2.05, 4.69) is 32.0 Å². The van der Waals surface area contributed by atoms with E-state index in [0.29, 0.717) is 18.1 Å². The number of aryl methyl sites for hydroxylation is 2. The highest BCUT2D eigenvalue weighted by atomic mass is 32.2. The number of hydrogen-bond donors (Lipinski definition) is 1. The molecule has 2 atom stereocenters. The normalized spacial score (nSPS) is 23.4. The zero-order valence-electron chi connectivity index (χ0n) is 11.7. The zero-order valence-corrected chi connectivity index (χ0v) is 12.5. The van der Waals surface area contributed by atoms with E-state index in [-0.39, 0.29) is 11.8 Å². The summed E-state index contributed by atoms with van der Waals surface area (Å²) in [6.45, 7) is 4.79. The van der Waals surface area contributed by atoms with Crippen LogP contribution in [0, 0.1) is 25.7 Å². The van der Waals surface area contributed by atoms with E-state index in [9.17, 15) is 8.42 Å². The lowest BCUT2D eigenvalue weighted by atomic mass is 9.84. The van der Waals surface area contributed by atoms with Crippen molar-refractivity contribution in [1.29, 1.82) is 0 Å². The molecule has 0 aromatic heterocycles. The van der Waals surface area contributed by atoms with E-state index in [0.717, 1.165) is 12.8 Å². The van der Waals surface area contributed by atoms with Gasteiger partial charge in [-0.1, -0.05) is 18.2 Å². The molecule has 2 unspecified atom stereocenters. The minimum atomic E-state index is -2.82. The van der Waals surface area contributed by atoms with Gasteiger partial charge in [-0.05, 0) is 61.8 Å². The lowest BCUT2D eigenvalue weighted by molar-refractivity contribution is 0.370. The molecule has 1 fully saturated rings. The minimum absolute atomic E-state index is 0.231. The highest BCUT2D eigenvalue weighted by Crippen LogP contribution is 2.29. The van der Waals surface area contributed by atoms with Crippen LogP contribution in [0.1, 0.15) is 23.1 Å². The Kier molecular flexibility index (Phi) is 4.31. The zero-order chi connectivity index (χ0) is 14.0. The van der Waals surface area contributed by atoms with E-state index < -0.39 is 9.84 Å². The van der Waals surface area contributed by atoms with Crippen molar-refractivity contribution in [1.82, 2.24) is 0 Å². The Balaban J connectivity index is 2.16. The molecule has 0 bridgehead atoms. The van der Waals surface area contributed by atoms with Gasteiger partial charge in [0.05, 0.1) is 11.5 Å². The molecular weight excluding hydrogens is 258 g/mol. The summed E-state index contributed by atoms with van der Waals surface area (Å²) < 4.78 is 23.2. The summed E-state index contributed by atoms with van der Waals surface area (Å²) in [6.07, 6.45) is 1.67. The number of benzene rings is 1. The van der Waals surface area contributed by atoms with Gasteiger partial charge in [0.1, 0.15) is 0 Å². The predicted molar refractivity (Wildman–Crippen MR) is 78.9 cm³/mol. The fraction of sp³-hybridized carbons (Fsp3) is 0.600. The number of sulfone groups is 1. The minimum Gasteiger partial charge on any atom is -0.330 e. The number of rotatable bonds is 4. The Morgan fingerprint density at radius 1 is 1.32 bits per heavy atom. The Hall–Kier alpha value is -0.870. The Bertz CT molecular complexity index is 531. The van der Waals surface area contributed by atoms with Gasteiger partial charge in [0.2, 0.25) is 0 Å². The molecule has 1 aromatic carbocycles. The molecule has 0 aliphatic carbocycles. The monoisotopic (exact) mass is 281 g/mol. The lowest BCUT2D eigenvalue weighted by Gasteiger charge is -2.22. The lowest BCUT2D eigenvalue weighted by Crippen LogP contribution is -2.27. The smallest absolute Gasteiger partial charge is 0.150 e. The maximum atomic E-state index is 11.6. The van der Waals surface area contributed by atoms with Crippen molar-refractivity contribution in [2.75, 3.05) is 18.1 Å². The van der Waals surface area contributed by atoms with Crippen LogP contribution in [-0.4, -0.2) is 26.5 Å². The molecule has 0 amide bonds. The van der Waals surface area contributed by atoms with Crippen LogP contribution in [0.4, 0.5) is 0 Å². The van der Waals surface area contributed by atoms with Gasteiger partial charge >= 0.3 is 0 Å². The van der Waals surface area contributed by atoms with Crippen molar-refractivity contribution >= 4 is 9.84 Å². The second kappa shape index (κ2) is 5.63. The molecule has 0 saturated carbocycles. The fourth-order valence-electron chi connectivity index (χ4n) is 3.07. The maximum Gasteiger partial charge on any atom is 0.150 e. The second-order valence-corrected chi connectivity index (χ2v) is 7.96. The Morgan fingerprint density at radius 3 is 2.42 bits per heavy atom. The van der Waals surface area contributed by atoms with Gasteiger partial charge in [-0.3, -0.25) is 0 Å². The third-order valence-corrected chi connectivity index (χ3v) is 6.14. The summed E-state index contributed by atoms with van der Waals surface area (Å²) in [7, 11) is -2.82. The van der Waals surface area contributed by atoms with E-state index in [1.54, 1.807) is 0 Å². The Labute approximate surface area is 116 Å². The van der Waals surface area contributed by atoms with E-state index in [1.165, 1.54) is 16.7 Å². The van der Waals surface area contributed by atoms with Crippen LogP contribution < -0.4 is 5.73 Å². The van der Waals surface area contributed by atoms with Crippen LogP contribution in [0.2, 0.25) is 0 Å². The number of nitrogens with two attached hydrogens (primary N) is 1. The summed E-state index contributed by atoms with van der Waals surface area (Å²) in [5.74, 6) is 1.16. The van der Waals surface area contributed by atoms with Gasteiger partial charge in [-0.2, -0.15) is 0 Å². The molecule has 1 saturated heterocycles. The largest absolute Gasteiger partial charge is 0.330 e. The summed E-state index contributed by atoms with van der Waals surface area (Å²) in [5.41, 5.74) is 9.78. The molecule has 1 aliphatic heterocycles. The van der Waals surface area contributed by atoms with Crippen LogP contribution in [0.15, 0.2) is 18.2 Å². The van der Waals surface area contributed by atoms with E-state index in [4.69, 9.17) is 5.73 Å². The highest BCUT2D eigenvalue weighted by molar-refractivity contribution is 7.91. The quantitative estimate of drug-likeness (QED) is 0.916. The molecule has 1 heterocycles. The molecule has 106 valence electrons. The van der Waals surface area contributed by atoms with E-state index in [1.807, 2.05) is 0 Å². The molecule has 19 heavy (non-hydrogen) atoms. The first-order valence-corrected chi connectivity index (χ1v) is 8.70. The van der Waals surface area contributed by atoms with Crippen LogP contribution in [0.3, 0.4) is 0 Å². The van der Waals surface area contributed by atoms with Gasteiger partial charge < -0.3 is 5.73 Å². The van der Waals surface area contributed by atoms with Crippen molar-refractivity contribution in [3.05, 3.63) is 34.9 Å². The molecule has 2 rings (SSSR count). The third-order valence-electron chi connectivity index (χ3n) is 4.35. The van der Waals surface area contributed by atoms with Crippen molar-refractivity contribution in [3.63, 3.8) is 0 Å². The molecule has 4 heteroatoms. The molecule has 3 nitrogen and oxygen atoms in total. The van der Waals surface area contributed by atoms with Crippen molar-refractivity contribution in [2.24, 2.45) is 17.6 Å². The van der Waals surface area contributed by atoms with Gasteiger partial charge in [0.15, 0.2) is 9.84 Å². The average Bonchev–Trinajstić information content (AvgIpc) is 2.69. The second-order valence-electron chi connectivity index (χ2n) is 5.73. The average molecular weight is 281 g/mol. The first-order valence-electron chi connectivity index (χ1n) is 6.88. The SMILES string of the molecule is Cc1cccc(C)c1CC(CN)C1CCS(=O)(=O)C1. The van der Waals surface area contributed by atoms with E-state index >= 15 is 0 Å². The maximum absolute atomic E-state index is 11.6. The third kappa shape index (κ3) is 3.37. The van der Waals surface area contributed by atoms with Crippen molar-refractivity contribution < 1.29 is 8.42 Å². The molecule has 0 spiro atoms. The van der Waals surface area contributed by atoms with Crippen LogP contribution in [-0.2, 0) is 16.3 Å². The molecule has 1 aliphatic rings. The first-order chi connectivity index (χ1) is 8.93. The molecular formula is C15H23NO2S. The van der Waals surface area contributed by atoms with Gasteiger partial charge in [0, 0.05) is 0 Å². The van der Waals surface area contributed by atoms with Gasteiger partial charge in [-0.25, -0.2) is 8.42 Å². The van der Waals surface area contributed by atoms with Crippen LogP contribution in [0.5, 0.6) is 0 Å². The standard InChI is InChI=1S/C15H23NO2S/c1-11-4-3-5-12(2)15(11)8-14(9-16)13-6-7-19(17,18)10-13/h3-5,13-14H,6-10,16H2,1-2H3. The van der Waals surface area contributed by atoms with Crippen LogP contribution >= 0.6 is 0 Å². The summed E-state index contributed by atoms with van der Waals surface area (Å²) >= 11 is 0. The molecule has 1 aromatic rings. The Morgan fingerprint density at radius 2 is 1.95 bits per heavy atom. The number of hydrogen-bond acceptors (Lipinski definition) is 3. The molecule has 2 N–H and O–H groups in total. The summed E-state index contributed by atoms with van der Waals surface area (Å²) in [4.78, 5) is 0. The predicted octanol–water partition coefficient (Wildman–Crippen LogP) is 1.86. The van der Waals surface area contributed by atoms with Crippen molar-refractivity contribution in [3.8, 4) is 0 Å².